The van der Waals surface area contributed by atoms with Gasteiger partial charge in [0.05, 0.1) is 25.2 Å². The predicted octanol–water partition coefficient (Wildman–Crippen LogP) is 0.880. The average Bonchev–Trinajstić information content (AvgIpc) is 2.51. The van der Waals surface area contributed by atoms with E-state index in [9.17, 15) is 14.9 Å². The summed E-state index contributed by atoms with van der Waals surface area (Å²) in [6.45, 7) is 0.904. The summed E-state index contributed by atoms with van der Waals surface area (Å²) in [6, 6.07) is 2.90. The summed E-state index contributed by atoms with van der Waals surface area (Å²) in [5, 5.41) is 16.7. The molecule has 0 saturated carbocycles. The fourth-order valence-electron chi connectivity index (χ4n) is 1.94. The zero-order valence-electron chi connectivity index (χ0n) is 13.0. The Labute approximate surface area is 128 Å². The van der Waals surface area contributed by atoms with Gasteiger partial charge in [-0.15, -0.1) is 0 Å². The largest absolute Gasteiger partial charge is 0.493 e. The summed E-state index contributed by atoms with van der Waals surface area (Å²) in [5.74, 6) is 0.623. The van der Waals surface area contributed by atoms with E-state index in [2.05, 4.69) is 10.6 Å². The maximum atomic E-state index is 11.5. The van der Waals surface area contributed by atoms with Crippen LogP contribution < -0.4 is 20.1 Å². The van der Waals surface area contributed by atoms with Crippen LogP contribution in [0.1, 0.15) is 12.0 Å². The fraction of sp³-hybridized carbons (Fsp3) is 0.500. The topological polar surface area (TPSA) is 103 Å². The van der Waals surface area contributed by atoms with Crippen molar-refractivity contribution in [2.24, 2.45) is 0 Å². The number of nitro groups is 1. The molecule has 0 atom stereocenters. The number of methoxy groups -OCH3 is 2. The minimum absolute atomic E-state index is 0.0536. The summed E-state index contributed by atoms with van der Waals surface area (Å²) in [6.07, 6.45) is 0.701. The van der Waals surface area contributed by atoms with Crippen LogP contribution in [0.15, 0.2) is 12.1 Å². The Morgan fingerprint density at radius 1 is 1.23 bits per heavy atom. The van der Waals surface area contributed by atoms with E-state index in [0.29, 0.717) is 43.0 Å². The number of carbonyl (C=O) groups is 1. The third-order valence-electron chi connectivity index (χ3n) is 3.10. The van der Waals surface area contributed by atoms with Gasteiger partial charge in [0.15, 0.2) is 11.5 Å². The van der Waals surface area contributed by atoms with Gasteiger partial charge in [-0.05, 0) is 19.5 Å². The van der Waals surface area contributed by atoms with E-state index in [1.54, 1.807) is 13.1 Å². The summed E-state index contributed by atoms with van der Waals surface area (Å²) in [5.41, 5.74) is 0.429. The minimum atomic E-state index is -0.472. The van der Waals surface area contributed by atoms with Crippen molar-refractivity contribution < 1.29 is 19.2 Å². The van der Waals surface area contributed by atoms with Crippen LogP contribution in [0.5, 0.6) is 11.5 Å². The first-order valence-electron chi connectivity index (χ1n) is 6.84. The molecule has 8 heteroatoms. The van der Waals surface area contributed by atoms with E-state index in [-0.39, 0.29) is 11.6 Å². The van der Waals surface area contributed by atoms with Crippen molar-refractivity contribution in [2.75, 3.05) is 34.4 Å². The summed E-state index contributed by atoms with van der Waals surface area (Å²) >= 11 is 0. The molecule has 0 radical (unpaired) electrons. The molecular weight excluding hydrogens is 290 g/mol. The number of hydrogen-bond acceptors (Lipinski definition) is 6. The first-order valence-corrected chi connectivity index (χ1v) is 6.84. The van der Waals surface area contributed by atoms with Gasteiger partial charge in [0.25, 0.3) is 5.69 Å². The lowest BCUT2D eigenvalue weighted by Crippen LogP contribution is -2.28. The van der Waals surface area contributed by atoms with Crippen LogP contribution in [0, 0.1) is 10.1 Å². The van der Waals surface area contributed by atoms with E-state index in [0.717, 1.165) is 0 Å². The van der Waals surface area contributed by atoms with Crippen LogP contribution in [0.2, 0.25) is 0 Å². The zero-order valence-corrected chi connectivity index (χ0v) is 13.0. The predicted molar refractivity (Wildman–Crippen MR) is 81.5 cm³/mol. The summed E-state index contributed by atoms with van der Waals surface area (Å²) < 4.78 is 10.2. The molecule has 0 aliphatic rings. The molecule has 1 rings (SSSR count). The monoisotopic (exact) mass is 311 g/mol. The second-order valence-electron chi connectivity index (χ2n) is 4.55. The average molecular weight is 311 g/mol. The molecule has 0 spiro atoms. The van der Waals surface area contributed by atoms with Gasteiger partial charge < -0.3 is 20.1 Å². The number of ether oxygens (including phenoxy) is 2. The lowest BCUT2D eigenvalue weighted by atomic mass is 10.1. The highest BCUT2D eigenvalue weighted by Gasteiger charge is 2.19. The van der Waals surface area contributed by atoms with Crippen molar-refractivity contribution in [3.63, 3.8) is 0 Å². The van der Waals surface area contributed by atoms with Gasteiger partial charge in [0.1, 0.15) is 0 Å². The lowest BCUT2D eigenvalue weighted by Gasteiger charge is -2.11. The molecule has 2 N–H and O–H groups in total. The van der Waals surface area contributed by atoms with E-state index < -0.39 is 4.92 Å². The van der Waals surface area contributed by atoms with Gasteiger partial charge in [-0.25, -0.2) is 0 Å². The fourth-order valence-corrected chi connectivity index (χ4v) is 1.94. The first-order chi connectivity index (χ1) is 10.5. The van der Waals surface area contributed by atoms with E-state index in [1.165, 1.54) is 20.3 Å². The molecular formula is C14H21N3O5. The van der Waals surface area contributed by atoms with Gasteiger partial charge in [-0.2, -0.15) is 0 Å². The van der Waals surface area contributed by atoms with E-state index in [4.69, 9.17) is 9.47 Å². The van der Waals surface area contributed by atoms with Crippen LogP contribution in [-0.4, -0.2) is 45.2 Å². The third-order valence-corrected chi connectivity index (χ3v) is 3.10. The highest BCUT2D eigenvalue weighted by atomic mass is 16.6. The molecule has 0 heterocycles. The number of amides is 1. The highest BCUT2D eigenvalue weighted by molar-refractivity contribution is 5.76. The lowest BCUT2D eigenvalue weighted by molar-refractivity contribution is -0.385. The molecule has 122 valence electrons. The van der Waals surface area contributed by atoms with Gasteiger partial charge in [-0.1, -0.05) is 0 Å². The Morgan fingerprint density at radius 2 is 1.86 bits per heavy atom. The van der Waals surface area contributed by atoms with Crippen molar-refractivity contribution >= 4 is 11.6 Å². The Bertz CT molecular complexity index is 533. The molecule has 0 bridgehead atoms. The number of benzene rings is 1. The Hall–Kier alpha value is -2.35. The van der Waals surface area contributed by atoms with Gasteiger partial charge in [0, 0.05) is 25.1 Å². The number of hydrogen-bond donors (Lipinski definition) is 2. The number of rotatable bonds is 9. The SMILES string of the molecule is CNCCC(=O)NCCc1cc(OC)c(OC)cc1[N+](=O)[O-]. The molecule has 0 aromatic heterocycles. The molecule has 0 unspecified atom stereocenters. The van der Waals surface area contributed by atoms with Gasteiger partial charge in [0.2, 0.25) is 5.91 Å². The molecule has 22 heavy (non-hydrogen) atoms. The van der Waals surface area contributed by atoms with Crippen molar-refractivity contribution in [3.8, 4) is 11.5 Å². The Morgan fingerprint density at radius 3 is 2.41 bits per heavy atom. The Kier molecular flexibility index (Phi) is 7.11. The molecule has 0 saturated heterocycles. The van der Waals surface area contributed by atoms with E-state index >= 15 is 0 Å². The normalized spacial score (nSPS) is 10.1. The second kappa shape index (κ2) is 8.83. The first kappa shape index (κ1) is 17.7. The van der Waals surface area contributed by atoms with E-state index in [1.807, 2.05) is 0 Å². The molecule has 1 amide bonds. The van der Waals surface area contributed by atoms with Crippen molar-refractivity contribution in [3.05, 3.63) is 27.8 Å². The van der Waals surface area contributed by atoms with Crippen LogP contribution in [0.25, 0.3) is 0 Å². The molecule has 0 fully saturated rings. The van der Waals surface area contributed by atoms with Gasteiger partial charge >= 0.3 is 0 Å². The van der Waals surface area contributed by atoms with Crippen molar-refractivity contribution in [2.45, 2.75) is 12.8 Å². The van der Waals surface area contributed by atoms with Gasteiger partial charge in [-0.3, -0.25) is 14.9 Å². The van der Waals surface area contributed by atoms with Crippen LogP contribution >= 0.6 is 0 Å². The standard InChI is InChI=1S/C14H21N3O5/c1-15-6-5-14(18)16-7-4-10-8-12(21-2)13(22-3)9-11(10)17(19)20/h8-9,15H,4-7H2,1-3H3,(H,16,18). The smallest absolute Gasteiger partial charge is 0.276 e. The maximum absolute atomic E-state index is 11.5. The maximum Gasteiger partial charge on any atom is 0.276 e. The van der Waals surface area contributed by atoms with Crippen LogP contribution in [-0.2, 0) is 11.2 Å². The van der Waals surface area contributed by atoms with Crippen molar-refractivity contribution in [1.82, 2.24) is 10.6 Å². The molecule has 0 aliphatic carbocycles. The number of carbonyl (C=O) groups excluding carboxylic acids is 1. The van der Waals surface area contributed by atoms with Crippen LogP contribution in [0.4, 0.5) is 5.69 Å². The number of nitrogens with one attached hydrogen (secondary N) is 2. The molecule has 1 aromatic rings. The second-order valence-corrected chi connectivity index (χ2v) is 4.55. The quantitative estimate of drug-likeness (QED) is 0.518. The third kappa shape index (κ3) is 4.88. The number of nitro benzene ring substituents is 1. The van der Waals surface area contributed by atoms with Crippen molar-refractivity contribution in [1.29, 1.82) is 0 Å². The molecule has 1 aromatic carbocycles. The zero-order chi connectivity index (χ0) is 16.5. The minimum Gasteiger partial charge on any atom is -0.493 e. The number of nitrogens with zero attached hydrogens (tertiary/aromatic N) is 1. The van der Waals surface area contributed by atoms with Crippen LogP contribution in [0.3, 0.4) is 0 Å². The molecule has 8 nitrogen and oxygen atoms in total. The summed E-state index contributed by atoms with van der Waals surface area (Å²) in [7, 11) is 4.65. The Balaban J connectivity index is 2.80. The summed E-state index contributed by atoms with van der Waals surface area (Å²) in [4.78, 5) is 22.2. The molecule has 0 aliphatic heterocycles. The highest BCUT2D eigenvalue weighted by Crippen LogP contribution is 2.34.